The molecule has 0 bridgehead atoms. The zero-order chi connectivity index (χ0) is 9.19. The van der Waals surface area contributed by atoms with Crippen LogP contribution >= 0.6 is 0 Å². The second kappa shape index (κ2) is 3.42. The number of carbonyl (C=O) groups is 1. The van der Waals surface area contributed by atoms with Crippen LogP contribution in [0.15, 0.2) is 0 Å². The van der Waals surface area contributed by atoms with E-state index < -0.39 is 11.6 Å². The van der Waals surface area contributed by atoms with Crippen molar-refractivity contribution in [2.75, 3.05) is 0 Å². The molecule has 2 atom stereocenters. The molecule has 0 aromatic carbocycles. The Morgan fingerprint density at radius 1 is 1.67 bits per heavy atom. The van der Waals surface area contributed by atoms with E-state index in [1.165, 1.54) is 6.92 Å². The van der Waals surface area contributed by atoms with Gasteiger partial charge in [-0.1, -0.05) is 12.8 Å². The van der Waals surface area contributed by atoms with Gasteiger partial charge in [-0.3, -0.25) is 4.79 Å². The monoisotopic (exact) mass is 174 g/mol. The Morgan fingerprint density at radius 2 is 2.33 bits per heavy atom. The lowest BCUT2D eigenvalue weighted by molar-refractivity contribution is -0.140. The molecule has 1 aliphatic carbocycles. The average Bonchev–Trinajstić information content (AvgIpc) is 1.92. The van der Waals surface area contributed by atoms with Crippen molar-refractivity contribution < 1.29 is 14.3 Å². The summed E-state index contributed by atoms with van der Waals surface area (Å²) in [5.41, 5.74) is -1.25. The van der Waals surface area contributed by atoms with E-state index in [1.807, 2.05) is 0 Å². The van der Waals surface area contributed by atoms with Gasteiger partial charge in [0.15, 0.2) is 0 Å². The highest BCUT2D eigenvalue weighted by molar-refractivity contribution is 5.67. The van der Waals surface area contributed by atoms with Crippen molar-refractivity contribution in [3.8, 4) is 0 Å². The molecule has 0 radical (unpaired) electrons. The molecule has 0 aromatic heterocycles. The molecule has 1 saturated carbocycles. The quantitative estimate of drug-likeness (QED) is 0.697. The molecule has 1 fully saturated rings. The first kappa shape index (κ1) is 9.49. The van der Waals surface area contributed by atoms with Crippen molar-refractivity contribution >= 4 is 5.97 Å². The maximum atomic E-state index is 13.6. The zero-order valence-electron chi connectivity index (χ0n) is 7.35. The molecular formula is C9H15FO2. The first-order valence-electron chi connectivity index (χ1n) is 4.43. The van der Waals surface area contributed by atoms with E-state index in [0.29, 0.717) is 6.42 Å². The van der Waals surface area contributed by atoms with Crippen molar-refractivity contribution in [3.05, 3.63) is 0 Å². The summed E-state index contributed by atoms with van der Waals surface area (Å²) in [5.74, 6) is -1.16. The number of carboxylic acid groups (broad SMARTS) is 1. The predicted molar refractivity (Wildman–Crippen MR) is 43.7 cm³/mol. The van der Waals surface area contributed by atoms with Gasteiger partial charge in [-0.15, -0.1) is 0 Å². The van der Waals surface area contributed by atoms with Gasteiger partial charge < -0.3 is 5.11 Å². The Balaban J connectivity index is 2.54. The third-order valence-corrected chi connectivity index (χ3v) is 2.74. The van der Waals surface area contributed by atoms with E-state index in [-0.39, 0.29) is 12.3 Å². The summed E-state index contributed by atoms with van der Waals surface area (Å²) in [6.45, 7) is 1.53. The standard InChI is InChI=1S/C9H15FO2/c1-9(10)5-3-2-4-7(9)6-8(11)12/h7H,2-6H2,1H3,(H,11,12). The summed E-state index contributed by atoms with van der Waals surface area (Å²) in [5, 5.41) is 8.53. The zero-order valence-corrected chi connectivity index (χ0v) is 7.35. The van der Waals surface area contributed by atoms with Crippen LogP contribution in [0.25, 0.3) is 0 Å². The molecule has 0 aromatic rings. The molecule has 12 heavy (non-hydrogen) atoms. The van der Waals surface area contributed by atoms with E-state index in [9.17, 15) is 9.18 Å². The number of hydrogen-bond acceptors (Lipinski definition) is 1. The number of alkyl halides is 1. The minimum Gasteiger partial charge on any atom is -0.481 e. The van der Waals surface area contributed by atoms with Crippen molar-refractivity contribution in [3.63, 3.8) is 0 Å². The highest BCUT2D eigenvalue weighted by Crippen LogP contribution is 2.38. The van der Waals surface area contributed by atoms with Crippen LogP contribution in [-0.4, -0.2) is 16.7 Å². The predicted octanol–water partition coefficient (Wildman–Crippen LogP) is 2.38. The van der Waals surface area contributed by atoms with Crippen LogP contribution in [-0.2, 0) is 4.79 Å². The average molecular weight is 174 g/mol. The summed E-state index contributed by atoms with van der Waals surface area (Å²) < 4.78 is 13.6. The van der Waals surface area contributed by atoms with E-state index in [4.69, 9.17) is 5.11 Å². The molecule has 1 N–H and O–H groups in total. The van der Waals surface area contributed by atoms with Crippen LogP contribution in [0.4, 0.5) is 4.39 Å². The Morgan fingerprint density at radius 3 is 2.83 bits per heavy atom. The maximum Gasteiger partial charge on any atom is 0.303 e. The Kier molecular flexibility index (Phi) is 2.70. The topological polar surface area (TPSA) is 37.3 Å². The molecule has 0 aliphatic heterocycles. The van der Waals surface area contributed by atoms with Gasteiger partial charge >= 0.3 is 5.97 Å². The second-order valence-corrected chi connectivity index (χ2v) is 3.82. The highest BCUT2D eigenvalue weighted by Gasteiger charge is 2.37. The van der Waals surface area contributed by atoms with Crippen molar-refractivity contribution in [2.45, 2.75) is 44.7 Å². The van der Waals surface area contributed by atoms with Gasteiger partial charge in [-0.25, -0.2) is 4.39 Å². The normalized spacial score (nSPS) is 36.3. The van der Waals surface area contributed by atoms with Gasteiger partial charge in [0.25, 0.3) is 0 Å². The first-order valence-corrected chi connectivity index (χ1v) is 4.43. The Hall–Kier alpha value is -0.600. The van der Waals surface area contributed by atoms with Gasteiger partial charge in [0, 0.05) is 5.92 Å². The lowest BCUT2D eigenvalue weighted by atomic mass is 9.76. The third-order valence-electron chi connectivity index (χ3n) is 2.74. The molecule has 70 valence electrons. The highest BCUT2D eigenvalue weighted by atomic mass is 19.1. The molecule has 2 nitrogen and oxygen atoms in total. The fourth-order valence-electron chi connectivity index (χ4n) is 1.89. The van der Waals surface area contributed by atoms with Crippen molar-refractivity contribution in [1.29, 1.82) is 0 Å². The molecule has 1 rings (SSSR count). The summed E-state index contributed by atoms with van der Waals surface area (Å²) >= 11 is 0. The summed E-state index contributed by atoms with van der Waals surface area (Å²) in [4.78, 5) is 10.4. The molecule has 0 spiro atoms. The second-order valence-electron chi connectivity index (χ2n) is 3.82. The van der Waals surface area contributed by atoms with Crippen molar-refractivity contribution in [1.82, 2.24) is 0 Å². The molecule has 3 heteroatoms. The SMILES string of the molecule is CC1(F)CCCCC1CC(=O)O. The largest absolute Gasteiger partial charge is 0.481 e. The fraction of sp³-hybridized carbons (Fsp3) is 0.889. The molecule has 0 amide bonds. The van der Waals surface area contributed by atoms with Crippen molar-refractivity contribution in [2.24, 2.45) is 5.92 Å². The number of halogens is 1. The first-order chi connectivity index (χ1) is 5.52. The third kappa shape index (κ3) is 2.19. The van der Waals surface area contributed by atoms with E-state index in [1.54, 1.807) is 0 Å². The van der Waals surface area contributed by atoms with Gasteiger partial charge in [-0.05, 0) is 19.8 Å². The lowest BCUT2D eigenvalue weighted by Gasteiger charge is -2.33. The smallest absolute Gasteiger partial charge is 0.303 e. The van der Waals surface area contributed by atoms with E-state index >= 15 is 0 Å². The summed E-state index contributed by atoms with van der Waals surface area (Å²) in [6.07, 6.45) is 3.08. The van der Waals surface area contributed by atoms with Crippen LogP contribution in [0.3, 0.4) is 0 Å². The molecule has 0 saturated heterocycles. The van der Waals surface area contributed by atoms with Gasteiger partial charge in [0.05, 0.1) is 6.42 Å². The number of carboxylic acids is 1. The van der Waals surface area contributed by atoms with Crippen LogP contribution in [0.1, 0.15) is 39.0 Å². The minimum atomic E-state index is -1.25. The molecule has 2 unspecified atom stereocenters. The number of hydrogen-bond donors (Lipinski definition) is 1. The Labute approximate surface area is 71.8 Å². The minimum absolute atomic E-state index is 0.0208. The molecule has 1 aliphatic rings. The van der Waals surface area contributed by atoms with Crippen LogP contribution in [0, 0.1) is 5.92 Å². The van der Waals surface area contributed by atoms with Crippen LogP contribution in [0.2, 0.25) is 0 Å². The maximum absolute atomic E-state index is 13.6. The van der Waals surface area contributed by atoms with Gasteiger partial charge in [-0.2, -0.15) is 0 Å². The van der Waals surface area contributed by atoms with Crippen LogP contribution < -0.4 is 0 Å². The van der Waals surface area contributed by atoms with Gasteiger partial charge in [0.1, 0.15) is 5.67 Å². The number of rotatable bonds is 2. The summed E-state index contributed by atoms with van der Waals surface area (Å²) in [6, 6.07) is 0. The van der Waals surface area contributed by atoms with Crippen LogP contribution in [0.5, 0.6) is 0 Å². The Bertz CT molecular complexity index is 177. The fourth-order valence-corrected chi connectivity index (χ4v) is 1.89. The van der Waals surface area contributed by atoms with Gasteiger partial charge in [0.2, 0.25) is 0 Å². The molecular weight excluding hydrogens is 159 g/mol. The van der Waals surface area contributed by atoms with E-state index in [0.717, 1.165) is 19.3 Å². The summed E-state index contributed by atoms with van der Waals surface area (Å²) in [7, 11) is 0. The lowest BCUT2D eigenvalue weighted by Crippen LogP contribution is -2.34. The van der Waals surface area contributed by atoms with E-state index in [2.05, 4.69) is 0 Å². The molecule has 0 heterocycles. The number of aliphatic carboxylic acids is 1.